The molecule has 3 aromatic rings. The van der Waals surface area contributed by atoms with E-state index < -0.39 is 18.0 Å². The van der Waals surface area contributed by atoms with Crippen molar-refractivity contribution in [2.75, 3.05) is 25.0 Å². The minimum Gasteiger partial charge on any atom is -0.488 e. The lowest BCUT2D eigenvalue weighted by Gasteiger charge is -2.31. The van der Waals surface area contributed by atoms with Crippen LogP contribution in [0.3, 0.4) is 0 Å². The molecule has 5 rings (SSSR count). The molecule has 3 N–H and O–H groups in total. The van der Waals surface area contributed by atoms with Gasteiger partial charge in [0.1, 0.15) is 17.7 Å². The summed E-state index contributed by atoms with van der Waals surface area (Å²) in [7, 11) is 0. The highest BCUT2D eigenvalue weighted by molar-refractivity contribution is 5.98. The molecule has 0 radical (unpaired) electrons. The summed E-state index contributed by atoms with van der Waals surface area (Å²) in [6.45, 7) is 2.41. The van der Waals surface area contributed by atoms with E-state index in [1.54, 1.807) is 6.07 Å². The van der Waals surface area contributed by atoms with E-state index in [0.29, 0.717) is 18.7 Å². The van der Waals surface area contributed by atoms with Crippen LogP contribution in [0.2, 0.25) is 0 Å². The van der Waals surface area contributed by atoms with Crippen LogP contribution in [-0.2, 0) is 13.0 Å². The molecule has 2 aromatic carbocycles. The number of nitrogens with zero attached hydrogens (tertiary/aromatic N) is 3. The summed E-state index contributed by atoms with van der Waals surface area (Å²) >= 11 is 0. The number of amides is 1. The van der Waals surface area contributed by atoms with Gasteiger partial charge in [0.2, 0.25) is 0 Å². The number of nitrogens with one attached hydrogen (secondary N) is 2. The Bertz CT molecular complexity index is 1180. The summed E-state index contributed by atoms with van der Waals surface area (Å²) in [6, 6.07) is 12.6. The van der Waals surface area contributed by atoms with Crippen LogP contribution in [0.25, 0.3) is 0 Å². The molecule has 2 atom stereocenters. The van der Waals surface area contributed by atoms with Crippen molar-refractivity contribution < 1.29 is 19.0 Å². The number of aliphatic hydroxyl groups is 1. The molecule has 0 saturated carbocycles. The van der Waals surface area contributed by atoms with Crippen LogP contribution in [0.5, 0.6) is 5.75 Å². The van der Waals surface area contributed by atoms with E-state index in [-0.39, 0.29) is 29.5 Å². The second-order valence-corrected chi connectivity index (χ2v) is 8.68. The van der Waals surface area contributed by atoms with E-state index in [1.165, 1.54) is 35.7 Å². The first-order chi connectivity index (χ1) is 16.5. The second kappa shape index (κ2) is 9.74. The molecule has 34 heavy (non-hydrogen) atoms. The average molecular weight is 464 g/mol. The van der Waals surface area contributed by atoms with Crippen molar-refractivity contribution in [1.29, 1.82) is 0 Å². The molecule has 2 aliphatic heterocycles. The number of anilines is 2. The van der Waals surface area contributed by atoms with Gasteiger partial charge in [-0.3, -0.25) is 9.69 Å². The number of hydrogen-bond donors (Lipinski definition) is 3. The summed E-state index contributed by atoms with van der Waals surface area (Å²) < 4.78 is 20.8. The molecule has 0 aliphatic carbocycles. The van der Waals surface area contributed by atoms with E-state index in [1.807, 2.05) is 6.07 Å². The molecule has 2 unspecified atom stereocenters. The Hall–Kier alpha value is -3.56. The number of aliphatic hydroxyl groups excluding tert-OH is 1. The number of β-amino-alcohol motifs (C(OH)–C–C–N with tert-alkyl or cyclic N) is 1. The van der Waals surface area contributed by atoms with Crippen LogP contribution in [0.15, 0.2) is 54.9 Å². The number of hydrogen-bond acceptors (Lipinski definition) is 7. The topological polar surface area (TPSA) is 99.6 Å². The zero-order valence-electron chi connectivity index (χ0n) is 18.6. The lowest BCUT2D eigenvalue weighted by molar-refractivity contribution is 0.0602. The predicted molar refractivity (Wildman–Crippen MR) is 125 cm³/mol. The van der Waals surface area contributed by atoms with Crippen LogP contribution in [0, 0.1) is 5.82 Å². The molecule has 1 aromatic heterocycles. The van der Waals surface area contributed by atoms with E-state index >= 15 is 0 Å². The van der Waals surface area contributed by atoms with Crippen molar-refractivity contribution in [3.8, 4) is 5.75 Å². The molecule has 176 valence electrons. The lowest BCUT2D eigenvalue weighted by atomic mass is 9.99. The Morgan fingerprint density at radius 3 is 2.91 bits per heavy atom. The fourth-order valence-electron chi connectivity index (χ4n) is 4.49. The van der Waals surface area contributed by atoms with Crippen molar-refractivity contribution in [3.63, 3.8) is 0 Å². The number of aromatic nitrogens is 2. The quantitative estimate of drug-likeness (QED) is 0.517. The van der Waals surface area contributed by atoms with Crippen LogP contribution >= 0.6 is 0 Å². The third kappa shape index (κ3) is 5.00. The number of benzene rings is 2. The Morgan fingerprint density at radius 2 is 2.09 bits per heavy atom. The Labute approximate surface area is 196 Å². The van der Waals surface area contributed by atoms with Gasteiger partial charge in [0, 0.05) is 32.1 Å². The van der Waals surface area contributed by atoms with E-state index in [2.05, 4.69) is 43.9 Å². The van der Waals surface area contributed by atoms with Gasteiger partial charge in [0.15, 0.2) is 0 Å². The van der Waals surface area contributed by atoms with Gasteiger partial charge >= 0.3 is 0 Å². The highest BCUT2D eigenvalue weighted by Crippen LogP contribution is 2.31. The maximum atomic E-state index is 14.8. The van der Waals surface area contributed by atoms with Gasteiger partial charge in [-0.1, -0.05) is 24.3 Å². The van der Waals surface area contributed by atoms with Gasteiger partial charge in [-0.15, -0.1) is 0 Å². The highest BCUT2D eigenvalue weighted by atomic mass is 19.1. The molecular formula is C25H26FN5O3. The molecule has 0 fully saturated rings. The maximum absolute atomic E-state index is 14.8. The van der Waals surface area contributed by atoms with Gasteiger partial charge in [0.05, 0.1) is 42.0 Å². The summed E-state index contributed by atoms with van der Waals surface area (Å²) in [5, 5.41) is 23.9. The monoisotopic (exact) mass is 463 g/mol. The molecule has 9 heteroatoms. The van der Waals surface area contributed by atoms with Gasteiger partial charge in [0.25, 0.3) is 5.91 Å². The first kappa shape index (κ1) is 22.2. The van der Waals surface area contributed by atoms with Gasteiger partial charge in [-0.05, 0) is 29.7 Å². The fraction of sp³-hybridized carbons (Fsp3) is 0.320. The van der Waals surface area contributed by atoms with Crippen molar-refractivity contribution >= 4 is 17.3 Å². The standard InChI is InChI=1S/C25H26FN5O3/c26-22-11-24-21(10-23(22)30-18-5-7-28-29-12-18)25(33)27-13-20(34-24)9-19(32)15-31-8-6-16-3-1-2-4-17(16)14-31/h1-5,7,10-12,19-20,32H,6,8-9,13-15H2,(H,27,33)(H,28,30). The zero-order chi connectivity index (χ0) is 23.5. The van der Waals surface area contributed by atoms with Crippen LogP contribution in [0.1, 0.15) is 27.9 Å². The molecular weight excluding hydrogens is 437 g/mol. The van der Waals surface area contributed by atoms with Crippen molar-refractivity contribution in [2.24, 2.45) is 0 Å². The fourth-order valence-corrected chi connectivity index (χ4v) is 4.49. The number of ether oxygens (including phenoxy) is 1. The van der Waals surface area contributed by atoms with Crippen molar-refractivity contribution in [2.45, 2.75) is 31.6 Å². The predicted octanol–water partition coefficient (Wildman–Crippen LogP) is 2.66. The van der Waals surface area contributed by atoms with Gasteiger partial charge < -0.3 is 20.5 Å². The number of carbonyl (C=O) groups excluding carboxylic acids is 1. The van der Waals surface area contributed by atoms with Crippen molar-refractivity contribution in [1.82, 2.24) is 20.4 Å². The molecule has 0 saturated heterocycles. The zero-order valence-corrected chi connectivity index (χ0v) is 18.6. The molecule has 2 aliphatic rings. The van der Waals surface area contributed by atoms with Gasteiger partial charge in [-0.25, -0.2) is 4.39 Å². The number of carbonyl (C=O) groups is 1. The summed E-state index contributed by atoms with van der Waals surface area (Å²) in [4.78, 5) is 14.9. The van der Waals surface area contributed by atoms with Crippen LogP contribution in [-0.4, -0.2) is 58.0 Å². The first-order valence-electron chi connectivity index (χ1n) is 11.3. The Balaban J connectivity index is 1.24. The second-order valence-electron chi connectivity index (χ2n) is 8.68. The minimum atomic E-state index is -0.640. The smallest absolute Gasteiger partial charge is 0.255 e. The summed E-state index contributed by atoms with van der Waals surface area (Å²) in [5.41, 5.74) is 3.56. The Kier molecular flexibility index (Phi) is 6.37. The SMILES string of the molecule is O=C1NCC(CC(O)CN2CCc3ccccc3C2)Oc2cc(F)c(Nc3ccnnc3)cc21. The number of halogens is 1. The average Bonchev–Trinajstić information content (AvgIpc) is 2.98. The van der Waals surface area contributed by atoms with E-state index in [0.717, 1.165) is 19.5 Å². The molecule has 8 nitrogen and oxygen atoms in total. The Morgan fingerprint density at radius 1 is 1.24 bits per heavy atom. The normalized spacial score (nSPS) is 18.6. The minimum absolute atomic E-state index is 0.134. The number of rotatable bonds is 6. The van der Waals surface area contributed by atoms with Gasteiger partial charge in [-0.2, -0.15) is 10.2 Å². The summed E-state index contributed by atoms with van der Waals surface area (Å²) in [5.74, 6) is -0.748. The molecule has 0 spiro atoms. The first-order valence-corrected chi connectivity index (χ1v) is 11.3. The van der Waals surface area contributed by atoms with Crippen LogP contribution < -0.4 is 15.4 Å². The van der Waals surface area contributed by atoms with Crippen molar-refractivity contribution in [3.05, 3.63) is 77.4 Å². The third-order valence-electron chi connectivity index (χ3n) is 6.17. The molecule has 3 heterocycles. The summed E-state index contributed by atoms with van der Waals surface area (Å²) in [6.07, 6.45) is 3.11. The third-order valence-corrected chi connectivity index (χ3v) is 6.17. The van der Waals surface area contributed by atoms with Crippen LogP contribution in [0.4, 0.5) is 15.8 Å². The molecule has 0 bridgehead atoms. The van der Waals surface area contributed by atoms with E-state index in [4.69, 9.17) is 4.74 Å². The van der Waals surface area contributed by atoms with E-state index in [9.17, 15) is 14.3 Å². The number of fused-ring (bicyclic) bond motifs is 2. The maximum Gasteiger partial charge on any atom is 0.255 e. The highest BCUT2D eigenvalue weighted by Gasteiger charge is 2.27. The molecule has 1 amide bonds. The largest absolute Gasteiger partial charge is 0.488 e. The lowest BCUT2D eigenvalue weighted by Crippen LogP contribution is -2.40.